The Hall–Kier alpha value is -1.69. The maximum atomic E-state index is 12.0. The van der Waals surface area contributed by atoms with Crippen LogP contribution in [0.3, 0.4) is 0 Å². The Kier molecular flexibility index (Phi) is 4.23. The van der Waals surface area contributed by atoms with Gasteiger partial charge in [-0.3, -0.25) is 9.36 Å². The van der Waals surface area contributed by atoms with E-state index >= 15 is 0 Å². The molecule has 1 aliphatic heterocycles. The molecule has 110 valence electrons. The van der Waals surface area contributed by atoms with Gasteiger partial charge in [0.1, 0.15) is 0 Å². The molecular weight excluding hydrogens is 260 g/mol. The van der Waals surface area contributed by atoms with Crippen molar-refractivity contribution in [3.8, 4) is 0 Å². The summed E-state index contributed by atoms with van der Waals surface area (Å²) in [4.78, 5) is 27.2. The standard InChI is InChI=1S/C14H20N2O4/c1-8(13(17)18)12-9(2)15-14(19)16(10(12)3)7-11-5-4-6-20-11/h8,11H,4-7H2,1-3H3,(H,17,18). The third-order valence-corrected chi connectivity index (χ3v) is 3.89. The van der Waals surface area contributed by atoms with Gasteiger partial charge >= 0.3 is 11.7 Å². The highest BCUT2D eigenvalue weighted by atomic mass is 16.5. The molecule has 0 amide bonds. The van der Waals surface area contributed by atoms with E-state index in [0.717, 1.165) is 19.4 Å². The van der Waals surface area contributed by atoms with Crippen LogP contribution >= 0.6 is 0 Å². The first-order valence-electron chi connectivity index (χ1n) is 6.84. The zero-order valence-corrected chi connectivity index (χ0v) is 12.0. The lowest BCUT2D eigenvalue weighted by atomic mass is 9.98. The number of aryl methyl sites for hydroxylation is 1. The molecule has 2 heterocycles. The van der Waals surface area contributed by atoms with Crippen LogP contribution in [0.1, 0.15) is 42.6 Å². The lowest BCUT2D eigenvalue weighted by Gasteiger charge is -2.19. The van der Waals surface area contributed by atoms with Crippen LogP contribution in [0.25, 0.3) is 0 Å². The zero-order chi connectivity index (χ0) is 14.9. The highest BCUT2D eigenvalue weighted by molar-refractivity contribution is 5.76. The molecule has 6 nitrogen and oxygen atoms in total. The second-order valence-corrected chi connectivity index (χ2v) is 5.28. The van der Waals surface area contributed by atoms with Gasteiger partial charge in [0.15, 0.2) is 0 Å². The molecule has 2 unspecified atom stereocenters. The van der Waals surface area contributed by atoms with E-state index < -0.39 is 11.9 Å². The summed E-state index contributed by atoms with van der Waals surface area (Å²) >= 11 is 0. The number of nitrogens with zero attached hydrogens (tertiary/aromatic N) is 2. The second-order valence-electron chi connectivity index (χ2n) is 5.28. The number of aliphatic carboxylic acids is 1. The molecule has 1 N–H and O–H groups in total. The first kappa shape index (κ1) is 14.7. The van der Waals surface area contributed by atoms with Crippen molar-refractivity contribution in [2.45, 2.75) is 52.2 Å². The van der Waals surface area contributed by atoms with Crippen LogP contribution in [0.5, 0.6) is 0 Å². The maximum Gasteiger partial charge on any atom is 0.348 e. The minimum Gasteiger partial charge on any atom is -0.481 e. The lowest BCUT2D eigenvalue weighted by Crippen LogP contribution is -2.33. The molecule has 20 heavy (non-hydrogen) atoms. The molecule has 2 rings (SSSR count). The van der Waals surface area contributed by atoms with Gasteiger partial charge in [-0.15, -0.1) is 0 Å². The van der Waals surface area contributed by atoms with E-state index in [1.54, 1.807) is 20.8 Å². The third-order valence-electron chi connectivity index (χ3n) is 3.89. The van der Waals surface area contributed by atoms with Crippen LogP contribution in [-0.4, -0.2) is 33.3 Å². The van der Waals surface area contributed by atoms with Gasteiger partial charge in [-0.1, -0.05) is 0 Å². The molecule has 0 radical (unpaired) electrons. The van der Waals surface area contributed by atoms with E-state index in [9.17, 15) is 14.7 Å². The Morgan fingerprint density at radius 3 is 2.80 bits per heavy atom. The predicted molar refractivity (Wildman–Crippen MR) is 73.0 cm³/mol. The molecule has 0 aromatic carbocycles. The summed E-state index contributed by atoms with van der Waals surface area (Å²) in [5, 5.41) is 9.19. The average Bonchev–Trinajstić information content (AvgIpc) is 2.86. The van der Waals surface area contributed by atoms with Crippen LogP contribution in [0.2, 0.25) is 0 Å². The van der Waals surface area contributed by atoms with Crippen molar-refractivity contribution in [1.82, 2.24) is 9.55 Å². The first-order valence-corrected chi connectivity index (χ1v) is 6.84. The van der Waals surface area contributed by atoms with Crippen molar-refractivity contribution < 1.29 is 14.6 Å². The van der Waals surface area contributed by atoms with E-state index in [4.69, 9.17) is 4.74 Å². The number of hydrogen-bond donors (Lipinski definition) is 1. The Bertz CT molecular complexity index is 573. The molecule has 0 bridgehead atoms. The molecular formula is C14H20N2O4. The summed E-state index contributed by atoms with van der Waals surface area (Å²) in [7, 11) is 0. The van der Waals surface area contributed by atoms with Gasteiger partial charge in [-0.25, -0.2) is 4.79 Å². The average molecular weight is 280 g/mol. The van der Waals surface area contributed by atoms with Gasteiger partial charge in [0.2, 0.25) is 0 Å². The van der Waals surface area contributed by atoms with Crippen LogP contribution in [0, 0.1) is 13.8 Å². The number of ether oxygens (including phenoxy) is 1. The van der Waals surface area contributed by atoms with E-state index in [1.165, 1.54) is 4.57 Å². The summed E-state index contributed by atoms with van der Waals surface area (Å²) < 4.78 is 7.08. The number of carboxylic acids is 1. The van der Waals surface area contributed by atoms with Crippen molar-refractivity contribution in [1.29, 1.82) is 0 Å². The Morgan fingerprint density at radius 1 is 1.55 bits per heavy atom. The van der Waals surface area contributed by atoms with Crippen molar-refractivity contribution in [3.05, 3.63) is 27.4 Å². The van der Waals surface area contributed by atoms with Crippen LogP contribution in [0.4, 0.5) is 0 Å². The van der Waals surface area contributed by atoms with Crippen LogP contribution in [0.15, 0.2) is 4.79 Å². The smallest absolute Gasteiger partial charge is 0.348 e. The molecule has 1 saturated heterocycles. The van der Waals surface area contributed by atoms with Gasteiger partial charge < -0.3 is 9.84 Å². The molecule has 0 aliphatic carbocycles. The molecule has 0 spiro atoms. The highest BCUT2D eigenvalue weighted by Gasteiger charge is 2.24. The Labute approximate surface area is 117 Å². The predicted octanol–water partition coefficient (Wildman–Crippen LogP) is 1.23. The number of aromatic nitrogens is 2. The van der Waals surface area contributed by atoms with Gasteiger partial charge in [0.25, 0.3) is 0 Å². The lowest BCUT2D eigenvalue weighted by molar-refractivity contribution is -0.138. The van der Waals surface area contributed by atoms with Crippen molar-refractivity contribution in [3.63, 3.8) is 0 Å². The molecule has 6 heteroatoms. The Balaban J connectivity index is 2.43. The summed E-state index contributed by atoms with van der Waals surface area (Å²) in [6, 6.07) is 0. The van der Waals surface area contributed by atoms with Gasteiger partial charge in [0.05, 0.1) is 18.6 Å². The fourth-order valence-corrected chi connectivity index (χ4v) is 2.77. The summed E-state index contributed by atoms with van der Waals surface area (Å²) in [5.74, 6) is -1.60. The van der Waals surface area contributed by atoms with Crippen molar-refractivity contribution >= 4 is 5.97 Å². The van der Waals surface area contributed by atoms with Gasteiger partial charge in [-0.2, -0.15) is 4.98 Å². The first-order chi connectivity index (χ1) is 9.41. The summed E-state index contributed by atoms with van der Waals surface area (Å²) in [6.07, 6.45) is 1.93. The summed E-state index contributed by atoms with van der Waals surface area (Å²) in [5.41, 5.74) is 1.45. The molecule has 1 aliphatic rings. The second kappa shape index (κ2) is 5.75. The number of carbonyl (C=O) groups is 1. The minimum absolute atomic E-state index is 0.0175. The van der Waals surface area contributed by atoms with E-state index in [1.807, 2.05) is 0 Å². The van der Waals surface area contributed by atoms with Crippen molar-refractivity contribution in [2.24, 2.45) is 0 Å². The molecule has 2 atom stereocenters. The largest absolute Gasteiger partial charge is 0.481 e. The molecule has 1 aromatic heterocycles. The van der Waals surface area contributed by atoms with E-state index in [2.05, 4.69) is 4.98 Å². The van der Waals surface area contributed by atoms with E-state index in [0.29, 0.717) is 23.5 Å². The number of rotatable bonds is 4. The number of hydrogen-bond acceptors (Lipinski definition) is 4. The summed E-state index contributed by atoms with van der Waals surface area (Å²) in [6.45, 7) is 6.23. The van der Waals surface area contributed by atoms with Crippen molar-refractivity contribution in [2.75, 3.05) is 6.61 Å². The molecule has 1 fully saturated rings. The SMILES string of the molecule is Cc1nc(=O)n(CC2CCCO2)c(C)c1C(C)C(=O)O. The fraction of sp³-hybridized carbons (Fsp3) is 0.643. The minimum atomic E-state index is -0.916. The van der Waals surface area contributed by atoms with Gasteiger partial charge in [-0.05, 0) is 33.6 Å². The van der Waals surface area contributed by atoms with E-state index in [-0.39, 0.29) is 11.8 Å². The van der Waals surface area contributed by atoms with Crippen LogP contribution < -0.4 is 5.69 Å². The quantitative estimate of drug-likeness (QED) is 0.897. The monoisotopic (exact) mass is 280 g/mol. The molecule has 0 saturated carbocycles. The molecule has 1 aromatic rings. The third kappa shape index (κ3) is 2.75. The topological polar surface area (TPSA) is 81.4 Å². The number of carboxylic acid groups (broad SMARTS) is 1. The van der Waals surface area contributed by atoms with Gasteiger partial charge in [0, 0.05) is 23.6 Å². The highest BCUT2D eigenvalue weighted by Crippen LogP contribution is 2.22. The van der Waals surface area contributed by atoms with Crippen LogP contribution in [-0.2, 0) is 16.1 Å². The zero-order valence-electron chi connectivity index (χ0n) is 12.0. The normalized spacial score (nSPS) is 20.1. The maximum absolute atomic E-state index is 12.0. The fourth-order valence-electron chi connectivity index (χ4n) is 2.77. The Morgan fingerprint density at radius 2 is 2.25 bits per heavy atom.